The summed E-state index contributed by atoms with van der Waals surface area (Å²) >= 11 is 6.46. The quantitative estimate of drug-likeness (QED) is 0.403. The molecule has 0 spiro atoms. The van der Waals surface area contributed by atoms with E-state index in [4.69, 9.17) is 30.5 Å². The van der Waals surface area contributed by atoms with Gasteiger partial charge in [0.2, 0.25) is 0 Å². The number of ether oxygens (including phenoxy) is 4. The second-order valence-electron chi connectivity index (χ2n) is 9.71. The first-order chi connectivity index (χ1) is 18.1. The van der Waals surface area contributed by atoms with Crippen LogP contribution in [0, 0.1) is 5.41 Å². The molecule has 1 aliphatic rings. The molecule has 3 aromatic rings. The second kappa shape index (κ2) is 11.4. The predicted octanol–water partition coefficient (Wildman–Crippen LogP) is 3.52. The summed E-state index contributed by atoms with van der Waals surface area (Å²) in [5.74, 6) is 0.690. The lowest BCUT2D eigenvalue weighted by Crippen LogP contribution is -2.46. The Morgan fingerprint density at radius 2 is 1.97 bits per heavy atom. The number of methoxy groups -OCH3 is 2. The molecule has 202 valence electrons. The molecule has 0 saturated carbocycles. The van der Waals surface area contributed by atoms with Crippen molar-refractivity contribution in [2.75, 3.05) is 32.3 Å². The predicted molar refractivity (Wildman–Crippen MR) is 138 cm³/mol. The van der Waals surface area contributed by atoms with Crippen molar-refractivity contribution in [1.82, 2.24) is 20.6 Å². The van der Waals surface area contributed by atoms with Gasteiger partial charge < -0.3 is 23.8 Å². The first-order valence-corrected chi connectivity index (χ1v) is 12.3. The maximum Gasteiger partial charge on any atom is 0.302 e. The van der Waals surface area contributed by atoms with Crippen LogP contribution in [0.15, 0.2) is 36.4 Å². The minimum atomic E-state index is -0.971. The minimum Gasteiger partial charge on any atom is -0.493 e. The van der Waals surface area contributed by atoms with Crippen LogP contribution in [0.3, 0.4) is 0 Å². The first-order valence-electron chi connectivity index (χ1n) is 12.0. The Balaban J connectivity index is 1.87. The summed E-state index contributed by atoms with van der Waals surface area (Å²) in [4.78, 5) is 27.3. The Kier molecular flexibility index (Phi) is 8.17. The number of rotatable bonds is 9. The molecular formula is C26H30ClN5O6. The van der Waals surface area contributed by atoms with Gasteiger partial charge in [0.05, 0.1) is 20.8 Å². The number of nitrogens with zero attached hydrogens (tertiary/aromatic N) is 4. The van der Waals surface area contributed by atoms with Gasteiger partial charge in [-0.05, 0) is 34.7 Å². The summed E-state index contributed by atoms with van der Waals surface area (Å²) in [5, 5.41) is 14.4. The number of nitrogens with one attached hydrogen (secondary N) is 1. The normalized spacial score (nSPS) is 17.5. The van der Waals surface area contributed by atoms with Crippen molar-refractivity contribution >= 4 is 29.2 Å². The smallest absolute Gasteiger partial charge is 0.302 e. The lowest BCUT2D eigenvalue weighted by molar-refractivity contribution is -0.143. The van der Waals surface area contributed by atoms with Crippen molar-refractivity contribution < 1.29 is 28.5 Å². The summed E-state index contributed by atoms with van der Waals surface area (Å²) in [6.45, 7) is 5.56. The summed E-state index contributed by atoms with van der Waals surface area (Å²) in [7, 11) is 3.10. The fourth-order valence-electron chi connectivity index (χ4n) is 4.44. The standard InChI is InChI=1S/C26H30ClN5O6/c1-15(33)37-14-26(2,3)13-32-19-10-9-16(27)11-18(19)23(17-7-6-8-20(35-4)24(17)36-5)38-21(25(32)34)12-22-28-30-31-29-22/h6-11,21,23H,12-14H2,1-5H3,(H,28,29,30,31)/t21-,23-/m1/s1. The highest BCUT2D eigenvalue weighted by atomic mass is 35.5. The number of benzene rings is 2. The lowest BCUT2D eigenvalue weighted by Gasteiger charge is -2.33. The lowest BCUT2D eigenvalue weighted by atomic mass is 9.92. The summed E-state index contributed by atoms with van der Waals surface area (Å²) in [6, 6.07) is 10.8. The van der Waals surface area contributed by atoms with Gasteiger partial charge in [0.15, 0.2) is 17.3 Å². The molecule has 0 aliphatic carbocycles. The van der Waals surface area contributed by atoms with Crippen molar-refractivity contribution in [3.8, 4) is 11.5 Å². The van der Waals surface area contributed by atoms with Crippen molar-refractivity contribution in [3.63, 3.8) is 0 Å². The Morgan fingerprint density at radius 1 is 1.18 bits per heavy atom. The zero-order valence-electron chi connectivity index (χ0n) is 21.9. The molecule has 0 unspecified atom stereocenters. The van der Waals surface area contributed by atoms with E-state index in [1.54, 1.807) is 43.4 Å². The molecule has 1 N–H and O–H groups in total. The van der Waals surface area contributed by atoms with Gasteiger partial charge >= 0.3 is 5.97 Å². The van der Waals surface area contributed by atoms with E-state index in [2.05, 4.69) is 20.6 Å². The number of fused-ring (bicyclic) bond motifs is 1. The van der Waals surface area contributed by atoms with Crippen LogP contribution in [-0.4, -0.2) is 66.0 Å². The molecule has 4 rings (SSSR count). The molecule has 11 nitrogen and oxygen atoms in total. The van der Waals surface area contributed by atoms with Crippen LogP contribution in [0.1, 0.15) is 43.8 Å². The third-order valence-corrected chi connectivity index (χ3v) is 6.38. The van der Waals surface area contributed by atoms with Gasteiger partial charge in [0, 0.05) is 47.1 Å². The molecule has 2 atom stereocenters. The number of tetrazole rings is 1. The van der Waals surface area contributed by atoms with Crippen LogP contribution in [0.4, 0.5) is 5.69 Å². The largest absolute Gasteiger partial charge is 0.493 e. The Labute approximate surface area is 225 Å². The number of aromatic nitrogens is 4. The molecule has 0 bridgehead atoms. The number of hydrogen-bond donors (Lipinski definition) is 1. The molecule has 1 aliphatic heterocycles. The van der Waals surface area contributed by atoms with Crippen molar-refractivity contribution in [2.24, 2.45) is 5.41 Å². The molecule has 0 fully saturated rings. The van der Waals surface area contributed by atoms with Gasteiger partial charge in [-0.1, -0.05) is 37.6 Å². The average Bonchev–Trinajstić information content (AvgIpc) is 3.38. The number of H-pyrrole nitrogens is 1. The van der Waals surface area contributed by atoms with Crippen LogP contribution in [0.2, 0.25) is 5.02 Å². The molecule has 1 amide bonds. The van der Waals surface area contributed by atoms with Crippen LogP contribution in [0.5, 0.6) is 11.5 Å². The number of hydrogen-bond acceptors (Lipinski definition) is 9. The van der Waals surface area contributed by atoms with E-state index in [0.29, 0.717) is 39.2 Å². The monoisotopic (exact) mass is 543 g/mol. The fourth-order valence-corrected chi connectivity index (χ4v) is 4.62. The number of amides is 1. The number of anilines is 1. The topological polar surface area (TPSA) is 129 Å². The van der Waals surface area contributed by atoms with Crippen molar-refractivity contribution in [3.05, 3.63) is 58.4 Å². The molecule has 0 radical (unpaired) electrons. The van der Waals surface area contributed by atoms with E-state index in [0.717, 1.165) is 0 Å². The van der Waals surface area contributed by atoms with Crippen LogP contribution < -0.4 is 14.4 Å². The SMILES string of the molecule is COc1cccc([C@H]2O[C@H](Cc3nnn[nH]3)C(=O)N(CC(C)(C)COC(C)=O)c3ccc(Cl)cc32)c1OC. The van der Waals surface area contributed by atoms with E-state index < -0.39 is 23.6 Å². The van der Waals surface area contributed by atoms with Gasteiger partial charge in [-0.15, -0.1) is 5.10 Å². The van der Waals surface area contributed by atoms with Gasteiger partial charge in [0.25, 0.3) is 5.91 Å². The number of halogens is 1. The van der Waals surface area contributed by atoms with Crippen LogP contribution >= 0.6 is 11.6 Å². The zero-order chi connectivity index (χ0) is 27.4. The van der Waals surface area contributed by atoms with E-state index in [9.17, 15) is 9.59 Å². The first kappa shape index (κ1) is 27.3. The molecule has 2 heterocycles. The Morgan fingerprint density at radius 3 is 2.63 bits per heavy atom. The van der Waals surface area contributed by atoms with Crippen molar-refractivity contribution in [2.45, 2.75) is 39.4 Å². The van der Waals surface area contributed by atoms with E-state index >= 15 is 0 Å². The number of esters is 1. The number of carbonyl (C=O) groups is 2. The van der Waals surface area contributed by atoms with Crippen LogP contribution in [0.25, 0.3) is 0 Å². The number of aromatic amines is 1. The highest BCUT2D eigenvalue weighted by molar-refractivity contribution is 6.30. The molecule has 12 heteroatoms. The van der Waals surface area contributed by atoms with Gasteiger partial charge in [-0.2, -0.15) is 0 Å². The maximum absolute atomic E-state index is 14.1. The van der Waals surface area contributed by atoms with E-state index in [1.807, 2.05) is 26.0 Å². The van der Waals surface area contributed by atoms with Crippen molar-refractivity contribution in [1.29, 1.82) is 0 Å². The number of para-hydroxylation sites is 1. The fraction of sp³-hybridized carbons (Fsp3) is 0.423. The Bertz CT molecular complexity index is 1300. The molecule has 0 saturated heterocycles. The highest BCUT2D eigenvalue weighted by Gasteiger charge is 2.40. The molecule has 1 aromatic heterocycles. The third-order valence-electron chi connectivity index (χ3n) is 6.14. The van der Waals surface area contributed by atoms with Gasteiger partial charge in [0.1, 0.15) is 12.2 Å². The number of carbonyl (C=O) groups excluding carboxylic acids is 2. The minimum absolute atomic E-state index is 0.0945. The van der Waals surface area contributed by atoms with Crippen LogP contribution in [-0.2, 0) is 25.5 Å². The molecular weight excluding hydrogens is 514 g/mol. The highest BCUT2D eigenvalue weighted by Crippen LogP contribution is 2.45. The second-order valence-corrected chi connectivity index (χ2v) is 10.1. The third kappa shape index (κ3) is 5.89. The van der Waals surface area contributed by atoms with E-state index in [-0.39, 0.29) is 25.5 Å². The Hall–Kier alpha value is -3.70. The van der Waals surface area contributed by atoms with Gasteiger partial charge in [-0.3, -0.25) is 9.59 Å². The summed E-state index contributed by atoms with van der Waals surface area (Å²) in [6.07, 6.45) is -1.63. The van der Waals surface area contributed by atoms with E-state index in [1.165, 1.54) is 6.92 Å². The maximum atomic E-state index is 14.1. The molecule has 38 heavy (non-hydrogen) atoms. The average molecular weight is 544 g/mol. The zero-order valence-corrected chi connectivity index (χ0v) is 22.6. The molecule has 2 aromatic carbocycles. The van der Waals surface area contributed by atoms with Gasteiger partial charge in [-0.25, -0.2) is 5.10 Å². The summed E-state index contributed by atoms with van der Waals surface area (Å²) in [5.41, 5.74) is 1.36. The summed E-state index contributed by atoms with van der Waals surface area (Å²) < 4.78 is 23.1.